The predicted octanol–water partition coefficient (Wildman–Crippen LogP) is 2.56. The van der Waals surface area contributed by atoms with Gasteiger partial charge in [0.1, 0.15) is 10.7 Å². The number of rotatable bonds is 5. The fraction of sp³-hybridized carbons (Fsp3) is 0.375. The summed E-state index contributed by atoms with van der Waals surface area (Å²) in [6.07, 6.45) is 0. The van der Waals surface area contributed by atoms with Gasteiger partial charge in [-0.05, 0) is 17.7 Å². The van der Waals surface area contributed by atoms with Crippen molar-refractivity contribution in [3.63, 3.8) is 0 Å². The topological polar surface area (TPSA) is 54.5 Å². The van der Waals surface area contributed by atoms with Crippen LogP contribution in [0, 0.1) is 0 Å². The zero-order valence-electron chi connectivity index (χ0n) is 12.6. The van der Waals surface area contributed by atoms with Gasteiger partial charge in [0.15, 0.2) is 0 Å². The summed E-state index contributed by atoms with van der Waals surface area (Å²) < 4.78 is 5.33. The van der Waals surface area contributed by atoms with Crippen LogP contribution < -0.4 is 5.32 Å². The molecule has 0 aliphatic carbocycles. The smallest absolute Gasteiger partial charge is 0.271 e. The molecule has 1 fully saturated rings. The lowest BCUT2D eigenvalue weighted by atomic mass is 10.2. The molecule has 1 aromatic heterocycles. The van der Waals surface area contributed by atoms with Crippen molar-refractivity contribution in [2.45, 2.75) is 13.1 Å². The third-order valence-corrected chi connectivity index (χ3v) is 4.70. The van der Waals surface area contributed by atoms with Gasteiger partial charge in [-0.15, -0.1) is 11.3 Å². The average Bonchev–Trinajstić information content (AvgIpc) is 3.03. The molecule has 122 valence electrons. The summed E-state index contributed by atoms with van der Waals surface area (Å²) >= 11 is 7.37. The van der Waals surface area contributed by atoms with E-state index in [4.69, 9.17) is 16.3 Å². The minimum absolute atomic E-state index is 0.149. The van der Waals surface area contributed by atoms with Crippen LogP contribution in [0.4, 0.5) is 0 Å². The van der Waals surface area contributed by atoms with E-state index in [1.54, 1.807) is 0 Å². The van der Waals surface area contributed by atoms with Gasteiger partial charge in [0, 0.05) is 30.0 Å². The van der Waals surface area contributed by atoms with E-state index in [1.807, 2.05) is 29.6 Å². The van der Waals surface area contributed by atoms with Crippen LogP contribution in [0.3, 0.4) is 0 Å². The van der Waals surface area contributed by atoms with E-state index in [0.29, 0.717) is 17.3 Å². The lowest BCUT2D eigenvalue weighted by Gasteiger charge is -2.25. The summed E-state index contributed by atoms with van der Waals surface area (Å²) in [7, 11) is 0. The average molecular weight is 352 g/mol. The van der Waals surface area contributed by atoms with Gasteiger partial charge < -0.3 is 10.1 Å². The van der Waals surface area contributed by atoms with Crippen molar-refractivity contribution in [2.24, 2.45) is 0 Å². The third kappa shape index (κ3) is 4.75. The van der Waals surface area contributed by atoms with E-state index in [9.17, 15) is 4.79 Å². The number of hydrogen-bond donors (Lipinski definition) is 1. The SMILES string of the molecule is O=C(NCc1ccc(Cl)cc1)c1csc(CN2CCOCC2)n1. The Balaban J connectivity index is 1.52. The van der Waals surface area contributed by atoms with Crippen LogP contribution in [0.25, 0.3) is 0 Å². The minimum atomic E-state index is -0.149. The number of ether oxygens (including phenoxy) is 1. The molecular weight excluding hydrogens is 334 g/mol. The Morgan fingerprint density at radius 1 is 1.30 bits per heavy atom. The monoisotopic (exact) mass is 351 g/mol. The highest BCUT2D eigenvalue weighted by Gasteiger charge is 2.15. The Bertz CT molecular complexity index is 654. The van der Waals surface area contributed by atoms with Crippen molar-refractivity contribution in [1.29, 1.82) is 0 Å². The molecule has 0 spiro atoms. The Labute approximate surface area is 144 Å². The summed E-state index contributed by atoms with van der Waals surface area (Å²) in [6.45, 7) is 4.60. The van der Waals surface area contributed by atoms with Gasteiger partial charge in [-0.3, -0.25) is 9.69 Å². The molecule has 2 aromatic rings. The molecule has 3 rings (SSSR count). The Morgan fingerprint density at radius 2 is 2.04 bits per heavy atom. The van der Waals surface area contributed by atoms with Crippen molar-refractivity contribution in [3.05, 3.63) is 50.9 Å². The number of amides is 1. The van der Waals surface area contributed by atoms with Gasteiger partial charge in [-0.2, -0.15) is 0 Å². The zero-order chi connectivity index (χ0) is 16.1. The Morgan fingerprint density at radius 3 is 2.78 bits per heavy atom. The molecule has 2 heterocycles. The van der Waals surface area contributed by atoms with E-state index in [-0.39, 0.29) is 5.91 Å². The third-order valence-electron chi connectivity index (χ3n) is 3.61. The second kappa shape index (κ2) is 7.88. The van der Waals surface area contributed by atoms with Crippen molar-refractivity contribution in [1.82, 2.24) is 15.2 Å². The molecule has 0 unspecified atom stereocenters. The van der Waals surface area contributed by atoms with Crippen molar-refractivity contribution in [3.8, 4) is 0 Å². The van der Waals surface area contributed by atoms with E-state index in [0.717, 1.165) is 43.4 Å². The maximum Gasteiger partial charge on any atom is 0.271 e. The molecule has 1 saturated heterocycles. The Hall–Kier alpha value is -1.47. The van der Waals surface area contributed by atoms with Crippen LogP contribution in [-0.2, 0) is 17.8 Å². The first kappa shape index (κ1) is 16.4. The number of aromatic nitrogens is 1. The number of morpholine rings is 1. The van der Waals surface area contributed by atoms with Crippen LogP contribution in [0.1, 0.15) is 21.1 Å². The molecule has 0 radical (unpaired) electrons. The molecule has 5 nitrogen and oxygen atoms in total. The zero-order valence-corrected chi connectivity index (χ0v) is 14.2. The highest BCUT2D eigenvalue weighted by Crippen LogP contribution is 2.14. The van der Waals surface area contributed by atoms with Gasteiger partial charge >= 0.3 is 0 Å². The van der Waals surface area contributed by atoms with Crippen molar-refractivity contribution < 1.29 is 9.53 Å². The number of halogens is 1. The standard InChI is InChI=1S/C16H18ClN3O2S/c17-13-3-1-12(2-4-13)9-18-16(21)14-11-23-15(19-14)10-20-5-7-22-8-6-20/h1-4,11H,5-10H2,(H,18,21). The molecule has 0 saturated carbocycles. The first-order valence-corrected chi connectivity index (χ1v) is 8.73. The lowest BCUT2D eigenvalue weighted by molar-refractivity contribution is 0.0341. The summed E-state index contributed by atoms with van der Waals surface area (Å²) in [4.78, 5) is 18.9. The normalized spacial score (nSPS) is 15.5. The van der Waals surface area contributed by atoms with Gasteiger partial charge in [0.2, 0.25) is 0 Å². The van der Waals surface area contributed by atoms with E-state index in [1.165, 1.54) is 11.3 Å². The van der Waals surface area contributed by atoms with E-state index < -0.39 is 0 Å². The number of carbonyl (C=O) groups is 1. The number of hydrogen-bond acceptors (Lipinski definition) is 5. The molecule has 0 atom stereocenters. The lowest BCUT2D eigenvalue weighted by Crippen LogP contribution is -2.35. The van der Waals surface area contributed by atoms with Crippen LogP contribution in [0.5, 0.6) is 0 Å². The van der Waals surface area contributed by atoms with Crippen LogP contribution in [0.15, 0.2) is 29.6 Å². The summed E-state index contributed by atoms with van der Waals surface area (Å²) in [5.41, 5.74) is 1.48. The fourth-order valence-electron chi connectivity index (χ4n) is 2.31. The van der Waals surface area contributed by atoms with Gasteiger partial charge in [0.05, 0.1) is 19.8 Å². The first-order valence-electron chi connectivity index (χ1n) is 7.48. The quantitative estimate of drug-likeness (QED) is 0.899. The summed E-state index contributed by atoms with van der Waals surface area (Å²) in [6, 6.07) is 7.42. The predicted molar refractivity (Wildman–Crippen MR) is 90.8 cm³/mol. The second-order valence-corrected chi connectivity index (χ2v) is 6.70. The number of benzene rings is 1. The van der Waals surface area contributed by atoms with Gasteiger partial charge in [0.25, 0.3) is 5.91 Å². The summed E-state index contributed by atoms with van der Waals surface area (Å²) in [5.74, 6) is -0.149. The molecule has 1 amide bonds. The van der Waals surface area contributed by atoms with Gasteiger partial charge in [-0.25, -0.2) is 4.98 Å². The molecule has 7 heteroatoms. The highest BCUT2D eigenvalue weighted by atomic mass is 35.5. The van der Waals surface area contributed by atoms with Crippen LogP contribution in [-0.4, -0.2) is 42.1 Å². The molecule has 23 heavy (non-hydrogen) atoms. The Kier molecular flexibility index (Phi) is 5.61. The summed E-state index contributed by atoms with van der Waals surface area (Å²) in [5, 5.41) is 6.34. The van der Waals surface area contributed by atoms with Crippen LogP contribution in [0.2, 0.25) is 5.02 Å². The molecule has 1 aliphatic rings. The maximum atomic E-state index is 12.2. The number of carbonyl (C=O) groups excluding carboxylic acids is 1. The molecule has 1 aromatic carbocycles. The van der Waals surface area contributed by atoms with E-state index >= 15 is 0 Å². The molecule has 1 aliphatic heterocycles. The second-order valence-electron chi connectivity index (χ2n) is 5.32. The molecule has 1 N–H and O–H groups in total. The number of nitrogens with one attached hydrogen (secondary N) is 1. The number of nitrogens with zero attached hydrogens (tertiary/aromatic N) is 2. The van der Waals surface area contributed by atoms with E-state index in [2.05, 4.69) is 15.2 Å². The number of thiazole rings is 1. The van der Waals surface area contributed by atoms with Crippen molar-refractivity contribution in [2.75, 3.05) is 26.3 Å². The van der Waals surface area contributed by atoms with Gasteiger partial charge in [-0.1, -0.05) is 23.7 Å². The fourth-order valence-corrected chi connectivity index (χ4v) is 3.26. The maximum absolute atomic E-state index is 12.2. The molecular formula is C16H18ClN3O2S. The molecule has 0 bridgehead atoms. The van der Waals surface area contributed by atoms with Crippen LogP contribution >= 0.6 is 22.9 Å². The van der Waals surface area contributed by atoms with Crippen molar-refractivity contribution >= 4 is 28.8 Å². The first-order chi connectivity index (χ1) is 11.2. The highest BCUT2D eigenvalue weighted by molar-refractivity contribution is 7.09. The largest absolute Gasteiger partial charge is 0.379 e. The minimum Gasteiger partial charge on any atom is -0.379 e.